The van der Waals surface area contributed by atoms with Crippen molar-refractivity contribution in [2.45, 2.75) is 170 Å². The van der Waals surface area contributed by atoms with Crippen LogP contribution in [0.25, 0.3) is 88.1 Å². The molecule has 109 heavy (non-hydrogen) atoms. The lowest BCUT2D eigenvalue weighted by Gasteiger charge is -2.45. The van der Waals surface area contributed by atoms with E-state index in [0.29, 0.717) is 26.2 Å². The molecule has 542 valence electrons. The maximum atomic E-state index is 2.79. The monoisotopic (exact) mass is 1420 g/mol. The molecular weight excluding hydrogens is 1320 g/mol. The number of hydrogen-bond acceptors (Lipinski definition) is 2. The number of hydrogen-bond donors (Lipinski definition) is 0. The first-order valence-electron chi connectivity index (χ1n) is 40.1. The number of aryl methyl sites for hydroxylation is 1. The van der Waals surface area contributed by atoms with Crippen molar-refractivity contribution in [2.24, 2.45) is 0 Å². The van der Waals surface area contributed by atoms with Gasteiger partial charge < -0.3 is 18.9 Å². The fourth-order valence-electron chi connectivity index (χ4n) is 17.9. The number of aromatic nitrogens is 2. The van der Waals surface area contributed by atoms with Gasteiger partial charge in [-0.25, -0.2) is 0 Å². The van der Waals surface area contributed by atoms with Gasteiger partial charge in [0.1, 0.15) is 0 Å². The standard InChI is InChI=1S/C104H103BN4/c1-14-15-16-21-32-69-57-98-100-99(58-69)109(68-89-82(74-37-26-19-27-38-74)43-31-44-83(89)75-39-28-20-29-40-75)97-60-71(66-107-94-55-49-78(103(8,9)10)63-86(94)87-64-79(104(11,12)13)50-56-95(87)107)46-52-91(97)105(100)90-51-45-70(65-106-92-53-47-76(101(2,3)4)61-84(92)85-62-77(102(5,6)7)48-54-93(85)106)59-96(90)108(98)67-88-80(72-33-22-17-23-34-72)41-30-42-81(88)73-35-24-18-25-36-73/h17-20,22-31,33-64H,14-16,21,32,65-68H2,1-13H3. The van der Waals surface area contributed by atoms with Crippen molar-refractivity contribution in [2.75, 3.05) is 9.80 Å². The number of nitrogens with zero attached hydrogens (tertiary/aromatic N) is 4. The third kappa shape index (κ3) is 13.3. The molecule has 0 unspecified atom stereocenters. The summed E-state index contributed by atoms with van der Waals surface area (Å²) >= 11 is 0. The number of benzene rings is 13. The lowest BCUT2D eigenvalue weighted by atomic mass is 9.33. The SMILES string of the molecule is CCCCCCc1cc2c3c(c1)N(Cc1c(-c4ccccc4)cccc1-c1ccccc1)c1cc(Cn4c5ccc(C(C)(C)C)cc5c5cc(C(C)(C)C)ccc54)ccc1B3c1ccc(Cn3c4ccc(C(C)(C)C)cc4c4cc(C(C)(C)C)ccc43)cc1N2Cc1c(-c2ccccc2)cccc1-c1ccccc1. The van der Waals surface area contributed by atoms with Crippen LogP contribution in [-0.4, -0.2) is 15.8 Å². The predicted octanol–water partition coefficient (Wildman–Crippen LogP) is 25.8. The van der Waals surface area contributed by atoms with E-state index in [1.54, 1.807) is 0 Å². The van der Waals surface area contributed by atoms with Crippen LogP contribution < -0.4 is 26.2 Å². The zero-order chi connectivity index (χ0) is 75.3. The maximum Gasteiger partial charge on any atom is 0.252 e. The molecular formula is C104H103BN4. The van der Waals surface area contributed by atoms with E-state index in [0.717, 1.165) is 12.8 Å². The number of unbranched alkanes of at least 4 members (excludes halogenated alkanes) is 3. The van der Waals surface area contributed by atoms with E-state index >= 15 is 0 Å². The molecule has 15 aromatic rings. The molecule has 0 bridgehead atoms. The van der Waals surface area contributed by atoms with Crippen molar-refractivity contribution in [3.05, 3.63) is 329 Å². The number of fused-ring (bicyclic) bond motifs is 10. The summed E-state index contributed by atoms with van der Waals surface area (Å²) in [6, 6.07) is 108. The normalized spacial score (nSPS) is 13.1. The Bertz CT molecular complexity index is 5330. The average Bonchev–Trinajstić information content (AvgIpc) is 1.36. The van der Waals surface area contributed by atoms with Crippen LogP contribution in [0, 0.1) is 0 Å². The van der Waals surface area contributed by atoms with Crippen LogP contribution in [0.4, 0.5) is 22.7 Å². The topological polar surface area (TPSA) is 16.3 Å². The van der Waals surface area contributed by atoms with Crippen LogP contribution >= 0.6 is 0 Å². The molecule has 0 aliphatic carbocycles. The lowest BCUT2D eigenvalue weighted by Crippen LogP contribution is -2.62. The highest BCUT2D eigenvalue weighted by Crippen LogP contribution is 2.47. The molecule has 0 spiro atoms. The van der Waals surface area contributed by atoms with Crippen molar-refractivity contribution in [3.63, 3.8) is 0 Å². The molecule has 0 radical (unpaired) electrons. The Kier molecular flexibility index (Phi) is 18.2. The Morgan fingerprint density at radius 2 is 0.587 bits per heavy atom. The molecule has 17 rings (SSSR count). The Labute approximate surface area is 647 Å². The summed E-state index contributed by atoms with van der Waals surface area (Å²) in [6.45, 7) is 33.0. The minimum Gasteiger partial charge on any atom is -0.338 e. The average molecular weight is 1420 g/mol. The van der Waals surface area contributed by atoms with Gasteiger partial charge >= 0.3 is 0 Å². The lowest BCUT2D eigenvalue weighted by molar-refractivity contribution is 0.590. The van der Waals surface area contributed by atoms with Crippen LogP contribution in [0.5, 0.6) is 0 Å². The minimum absolute atomic E-state index is 0.00874. The second kappa shape index (κ2) is 28.0. The third-order valence-electron chi connectivity index (χ3n) is 24.0. The molecule has 0 saturated heterocycles. The molecule has 0 amide bonds. The first kappa shape index (κ1) is 71.1. The smallest absolute Gasteiger partial charge is 0.252 e. The van der Waals surface area contributed by atoms with Crippen LogP contribution in [0.3, 0.4) is 0 Å². The van der Waals surface area contributed by atoms with Crippen LogP contribution in [0.15, 0.2) is 279 Å². The van der Waals surface area contributed by atoms with E-state index in [-0.39, 0.29) is 28.4 Å². The molecule has 0 saturated carbocycles. The summed E-state index contributed by atoms with van der Waals surface area (Å²) in [4.78, 5) is 5.58. The van der Waals surface area contributed by atoms with Crippen molar-refractivity contribution in [1.29, 1.82) is 0 Å². The quantitative estimate of drug-likeness (QED) is 0.0667. The molecule has 0 atom stereocenters. The van der Waals surface area contributed by atoms with Gasteiger partial charge in [0.15, 0.2) is 0 Å². The number of rotatable bonds is 17. The van der Waals surface area contributed by atoms with E-state index in [1.165, 1.54) is 197 Å². The van der Waals surface area contributed by atoms with Gasteiger partial charge in [-0.3, -0.25) is 0 Å². The molecule has 2 aromatic heterocycles. The summed E-state index contributed by atoms with van der Waals surface area (Å²) in [6.07, 6.45) is 5.66. The highest BCUT2D eigenvalue weighted by atomic mass is 15.2. The van der Waals surface area contributed by atoms with Gasteiger partial charge in [0.05, 0.1) is 0 Å². The summed E-state index contributed by atoms with van der Waals surface area (Å²) < 4.78 is 5.24. The summed E-state index contributed by atoms with van der Waals surface area (Å²) in [5.41, 5.74) is 35.9. The predicted molar refractivity (Wildman–Crippen MR) is 470 cm³/mol. The van der Waals surface area contributed by atoms with E-state index in [4.69, 9.17) is 0 Å². The van der Waals surface area contributed by atoms with E-state index < -0.39 is 0 Å². The second-order valence-corrected chi connectivity index (χ2v) is 35.5. The maximum absolute atomic E-state index is 2.79. The third-order valence-corrected chi connectivity index (χ3v) is 24.0. The fourth-order valence-corrected chi connectivity index (χ4v) is 17.9. The molecule has 4 nitrogen and oxygen atoms in total. The molecule has 13 aromatic carbocycles. The molecule has 2 aliphatic heterocycles. The fraction of sp³-hybridized carbons (Fsp3) is 0.250. The van der Waals surface area contributed by atoms with Gasteiger partial charge in [-0.1, -0.05) is 316 Å². The van der Waals surface area contributed by atoms with Crippen molar-refractivity contribution >= 4 is 89.5 Å². The summed E-state index contributed by atoms with van der Waals surface area (Å²) in [7, 11) is 0. The van der Waals surface area contributed by atoms with Crippen LogP contribution in [-0.2, 0) is 54.3 Å². The van der Waals surface area contributed by atoms with Gasteiger partial charge in [0.2, 0.25) is 0 Å². The zero-order valence-corrected chi connectivity index (χ0v) is 66.3. The van der Waals surface area contributed by atoms with Crippen LogP contribution in [0.1, 0.15) is 166 Å². The minimum atomic E-state index is -0.101. The zero-order valence-electron chi connectivity index (χ0n) is 66.3. The number of anilines is 4. The summed E-state index contributed by atoms with van der Waals surface area (Å²) in [5, 5.41) is 5.28. The van der Waals surface area contributed by atoms with Gasteiger partial charge in [-0.2, -0.15) is 0 Å². The Morgan fingerprint density at radius 3 is 0.890 bits per heavy atom. The van der Waals surface area contributed by atoms with Gasteiger partial charge in [-0.15, -0.1) is 0 Å². The summed E-state index contributed by atoms with van der Waals surface area (Å²) in [5.74, 6) is 0. The van der Waals surface area contributed by atoms with E-state index in [1.807, 2.05) is 0 Å². The Morgan fingerprint density at radius 1 is 0.275 bits per heavy atom. The highest BCUT2D eigenvalue weighted by Gasteiger charge is 2.44. The van der Waals surface area contributed by atoms with Gasteiger partial charge in [0, 0.05) is 92.5 Å². The second-order valence-electron chi connectivity index (χ2n) is 35.5. The van der Waals surface area contributed by atoms with Gasteiger partial charge in [-0.05, 0) is 218 Å². The molecule has 5 heteroatoms. The largest absolute Gasteiger partial charge is 0.338 e. The van der Waals surface area contributed by atoms with E-state index in [2.05, 4.69) is 388 Å². The van der Waals surface area contributed by atoms with Gasteiger partial charge in [0.25, 0.3) is 6.71 Å². The Balaban J connectivity index is 0.934. The highest BCUT2D eigenvalue weighted by molar-refractivity contribution is 7.00. The van der Waals surface area contributed by atoms with Crippen molar-refractivity contribution < 1.29 is 0 Å². The van der Waals surface area contributed by atoms with Crippen LogP contribution in [0.2, 0.25) is 0 Å². The van der Waals surface area contributed by atoms with Crippen molar-refractivity contribution in [3.8, 4) is 44.5 Å². The Hall–Kier alpha value is -10.9. The first-order chi connectivity index (χ1) is 52.5. The molecule has 4 heterocycles. The first-order valence-corrected chi connectivity index (χ1v) is 40.1. The van der Waals surface area contributed by atoms with Crippen molar-refractivity contribution in [1.82, 2.24) is 9.13 Å². The molecule has 0 N–H and O–H groups in total. The molecule has 0 fully saturated rings. The van der Waals surface area contributed by atoms with E-state index in [9.17, 15) is 0 Å². The molecule has 2 aliphatic rings.